The van der Waals surface area contributed by atoms with Crippen LogP contribution in [0.1, 0.15) is 50.7 Å². The summed E-state index contributed by atoms with van der Waals surface area (Å²) in [6, 6.07) is 20.4. The summed E-state index contributed by atoms with van der Waals surface area (Å²) in [5.74, 6) is -0.276. The first-order valence-corrected chi connectivity index (χ1v) is 11.1. The van der Waals surface area contributed by atoms with Gasteiger partial charge in [0.1, 0.15) is 0 Å². The van der Waals surface area contributed by atoms with Gasteiger partial charge in [0.05, 0.1) is 10.7 Å². The zero-order valence-corrected chi connectivity index (χ0v) is 18.9. The normalized spacial score (nSPS) is 15.6. The highest BCUT2D eigenvalue weighted by molar-refractivity contribution is 6.34. The lowest BCUT2D eigenvalue weighted by atomic mass is 10.0. The Morgan fingerprint density at radius 1 is 1.00 bits per heavy atom. The van der Waals surface area contributed by atoms with Crippen LogP contribution in [0.3, 0.4) is 0 Å². The van der Waals surface area contributed by atoms with Crippen molar-refractivity contribution >= 4 is 34.8 Å². The van der Waals surface area contributed by atoms with Gasteiger partial charge in [0, 0.05) is 29.4 Å². The van der Waals surface area contributed by atoms with Crippen molar-refractivity contribution in [1.29, 1.82) is 0 Å². The van der Waals surface area contributed by atoms with Crippen molar-refractivity contribution in [3.63, 3.8) is 0 Å². The summed E-state index contributed by atoms with van der Waals surface area (Å²) in [7, 11) is 1.93. The van der Waals surface area contributed by atoms with E-state index in [1.165, 1.54) is 0 Å². The Morgan fingerprint density at radius 3 is 2.47 bits per heavy atom. The summed E-state index contributed by atoms with van der Waals surface area (Å²) in [5, 5.41) is 6.80. The molecule has 1 heterocycles. The molecule has 0 spiro atoms. The topological polar surface area (TPSA) is 61.4 Å². The highest BCUT2D eigenvalue weighted by atomic mass is 35.5. The highest BCUT2D eigenvalue weighted by Gasteiger charge is 2.28. The number of nitrogens with one attached hydrogen (secondary N) is 2. The first-order chi connectivity index (χ1) is 15.5. The molecule has 0 aliphatic carbocycles. The van der Waals surface area contributed by atoms with E-state index < -0.39 is 0 Å². The van der Waals surface area contributed by atoms with Gasteiger partial charge in [-0.1, -0.05) is 41.9 Å². The van der Waals surface area contributed by atoms with E-state index in [1.54, 1.807) is 35.2 Å². The number of aryl methyl sites for hydroxylation is 1. The third-order valence-corrected chi connectivity index (χ3v) is 6.22. The maximum atomic E-state index is 13.4. The number of nitrogens with zero attached hydrogens (tertiary/aromatic N) is 1. The molecule has 1 aliphatic heterocycles. The van der Waals surface area contributed by atoms with Crippen LogP contribution in [0.15, 0.2) is 66.7 Å². The Kier molecular flexibility index (Phi) is 6.58. The van der Waals surface area contributed by atoms with E-state index in [1.807, 2.05) is 50.4 Å². The van der Waals surface area contributed by atoms with E-state index in [-0.39, 0.29) is 17.9 Å². The fraction of sp³-hybridized carbons (Fsp3) is 0.231. The van der Waals surface area contributed by atoms with Crippen molar-refractivity contribution in [1.82, 2.24) is 5.32 Å². The number of anilines is 2. The fourth-order valence-electron chi connectivity index (χ4n) is 4.20. The van der Waals surface area contributed by atoms with Crippen LogP contribution in [0.5, 0.6) is 0 Å². The molecule has 32 heavy (non-hydrogen) atoms. The second-order valence-corrected chi connectivity index (χ2v) is 8.37. The van der Waals surface area contributed by atoms with Gasteiger partial charge in [-0.15, -0.1) is 0 Å². The van der Waals surface area contributed by atoms with Gasteiger partial charge in [-0.2, -0.15) is 0 Å². The maximum absolute atomic E-state index is 13.4. The van der Waals surface area contributed by atoms with Crippen LogP contribution in [0.25, 0.3) is 0 Å². The largest absolute Gasteiger partial charge is 0.322 e. The van der Waals surface area contributed by atoms with E-state index in [0.717, 1.165) is 29.7 Å². The molecular formula is C26H26ClN3O2. The Morgan fingerprint density at radius 2 is 1.75 bits per heavy atom. The number of hydrogen-bond acceptors (Lipinski definition) is 3. The molecule has 5 nitrogen and oxygen atoms in total. The molecule has 0 radical (unpaired) electrons. The first kappa shape index (κ1) is 22.1. The lowest BCUT2D eigenvalue weighted by Crippen LogP contribution is -2.32. The Balaban J connectivity index is 1.56. The van der Waals surface area contributed by atoms with Crippen molar-refractivity contribution in [2.45, 2.75) is 25.8 Å². The zero-order chi connectivity index (χ0) is 22.7. The third-order valence-electron chi connectivity index (χ3n) is 5.91. The Labute approximate surface area is 193 Å². The van der Waals surface area contributed by atoms with Crippen LogP contribution < -0.4 is 15.5 Å². The third kappa shape index (κ3) is 4.40. The van der Waals surface area contributed by atoms with Crippen molar-refractivity contribution in [2.24, 2.45) is 0 Å². The van der Waals surface area contributed by atoms with E-state index in [9.17, 15) is 9.59 Å². The summed E-state index contributed by atoms with van der Waals surface area (Å²) in [4.78, 5) is 27.8. The molecule has 2 amide bonds. The van der Waals surface area contributed by atoms with E-state index in [0.29, 0.717) is 28.4 Å². The number of hydrogen-bond donors (Lipinski definition) is 2. The lowest BCUT2D eigenvalue weighted by Gasteiger charge is -2.25. The molecule has 4 rings (SSSR count). The summed E-state index contributed by atoms with van der Waals surface area (Å²) < 4.78 is 0. The zero-order valence-electron chi connectivity index (χ0n) is 18.2. The second-order valence-electron chi connectivity index (χ2n) is 7.96. The predicted molar refractivity (Wildman–Crippen MR) is 130 cm³/mol. The minimum atomic E-state index is -0.173. The molecule has 1 aliphatic rings. The number of fused-ring (bicyclic) bond motifs is 1. The number of amides is 2. The summed E-state index contributed by atoms with van der Waals surface area (Å²) in [6.07, 6.45) is 1.80. The molecule has 1 unspecified atom stereocenters. The summed E-state index contributed by atoms with van der Waals surface area (Å²) >= 11 is 6.55. The highest BCUT2D eigenvalue weighted by Crippen LogP contribution is 2.38. The van der Waals surface area contributed by atoms with Gasteiger partial charge < -0.3 is 15.5 Å². The van der Waals surface area contributed by atoms with Gasteiger partial charge in [0.15, 0.2) is 0 Å². The molecule has 1 atom stereocenters. The first-order valence-electron chi connectivity index (χ1n) is 10.7. The number of rotatable bonds is 4. The molecule has 0 fully saturated rings. The minimum Gasteiger partial charge on any atom is -0.322 e. The molecule has 164 valence electrons. The van der Waals surface area contributed by atoms with E-state index in [4.69, 9.17) is 11.6 Å². The summed E-state index contributed by atoms with van der Waals surface area (Å²) in [5.41, 5.74) is 4.53. The lowest BCUT2D eigenvalue weighted by molar-refractivity contribution is 0.0985. The quantitative estimate of drug-likeness (QED) is 0.547. The van der Waals surface area contributed by atoms with Gasteiger partial charge in [-0.05, 0) is 74.3 Å². The molecule has 2 N–H and O–H groups in total. The molecule has 0 saturated heterocycles. The summed E-state index contributed by atoms with van der Waals surface area (Å²) in [6.45, 7) is 2.50. The second kappa shape index (κ2) is 9.55. The SMILES string of the molecule is CNC1CCCN(C(=O)c2ccc(NC(=O)c3ccccc3C)cc2)c2c(Cl)cccc21. The predicted octanol–water partition coefficient (Wildman–Crippen LogP) is 5.60. The fourth-order valence-corrected chi connectivity index (χ4v) is 4.48. The van der Waals surface area contributed by atoms with Gasteiger partial charge in [-0.25, -0.2) is 0 Å². The molecular weight excluding hydrogens is 422 g/mol. The van der Waals surface area contributed by atoms with Crippen molar-refractivity contribution in [3.8, 4) is 0 Å². The maximum Gasteiger partial charge on any atom is 0.258 e. The van der Waals surface area contributed by atoms with Crippen LogP contribution in [-0.4, -0.2) is 25.4 Å². The molecule has 0 bridgehead atoms. The molecule has 0 aromatic heterocycles. The van der Waals surface area contributed by atoms with Crippen LogP contribution in [0.4, 0.5) is 11.4 Å². The molecule has 6 heteroatoms. The number of benzene rings is 3. The smallest absolute Gasteiger partial charge is 0.258 e. The van der Waals surface area contributed by atoms with Gasteiger partial charge in [-0.3, -0.25) is 9.59 Å². The Hall–Kier alpha value is -3.15. The van der Waals surface area contributed by atoms with Crippen LogP contribution in [-0.2, 0) is 0 Å². The minimum absolute atomic E-state index is 0.104. The van der Waals surface area contributed by atoms with Crippen molar-refractivity contribution < 1.29 is 9.59 Å². The number of carbonyl (C=O) groups excluding carboxylic acids is 2. The standard InChI is InChI=1S/C26H26ClN3O2/c1-17-7-3-4-8-20(17)25(31)29-19-14-12-18(13-15-19)26(32)30-16-6-11-23(28-2)21-9-5-10-22(27)24(21)30/h3-5,7-10,12-15,23,28H,6,11,16H2,1-2H3,(H,29,31). The van der Waals surface area contributed by atoms with Crippen molar-refractivity contribution in [2.75, 3.05) is 23.8 Å². The Bertz CT molecular complexity index is 1140. The average Bonchev–Trinajstić information content (AvgIpc) is 2.99. The molecule has 0 saturated carbocycles. The van der Waals surface area contributed by atoms with Gasteiger partial charge in [0.2, 0.25) is 0 Å². The number of para-hydroxylation sites is 1. The van der Waals surface area contributed by atoms with E-state index >= 15 is 0 Å². The van der Waals surface area contributed by atoms with Gasteiger partial charge >= 0.3 is 0 Å². The van der Waals surface area contributed by atoms with Crippen LogP contribution >= 0.6 is 11.6 Å². The van der Waals surface area contributed by atoms with Gasteiger partial charge in [0.25, 0.3) is 11.8 Å². The van der Waals surface area contributed by atoms with Crippen LogP contribution in [0.2, 0.25) is 5.02 Å². The van der Waals surface area contributed by atoms with Crippen LogP contribution in [0, 0.1) is 6.92 Å². The monoisotopic (exact) mass is 447 g/mol. The molecule has 3 aromatic carbocycles. The van der Waals surface area contributed by atoms with E-state index in [2.05, 4.69) is 10.6 Å². The molecule has 3 aromatic rings. The number of halogens is 1. The van der Waals surface area contributed by atoms with Crippen molar-refractivity contribution in [3.05, 3.63) is 94.0 Å². The number of carbonyl (C=O) groups is 2. The average molecular weight is 448 g/mol.